The molecular formula is C17H21N3OS. The number of hydrogen-bond donors (Lipinski definition) is 1. The van der Waals surface area contributed by atoms with Crippen molar-refractivity contribution in [2.24, 2.45) is 0 Å². The molecule has 5 heteroatoms. The van der Waals surface area contributed by atoms with Crippen LogP contribution >= 0.6 is 11.3 Å². The molecule has 1 aliphatic heterocycles. The summed E-state index contributed by atoms with van der Waals surface area (Å²) in [5, 5.41) is 9.42. The molecule has 1 aliphatic carbocycles. The fraction of sp³-hybridized carbons (Fsp3) is 0.529. The number of thiophene rings is 1. The second-order valence-electron chi connectivity index (χ2n) is 6.38. The third kappa shape index (κ3) is 2.47. The van der Waals surface area contributed by atoms with Crippen LogP contribution in [0.25, 0.3) is 0 Å². The molecule has 1 amide bonds. The minimum atomic E-state index is 0.145. The molecule has 1 saturated carbocycles. The van der Waals surface area contributed by atoms with Gasteiger partial charge in [0.05, 0.1) is 17.5 Å². The molecule has 0 saturated heterocycles. The number of H-pyrrole nitrogens is 1. The van der Waals surface area contributed by atoms with Crippen molar-refractivity contribution in [1.29, 1.82) is 0 Å². The Morgan fingerprint density at radius 2 is 2.18 bits per heavy atom. The predicted molar refractivity (Wildman–Crippen MR) is 87.2 cm³/mol. The van der Waals surface area contributed by atoms with E-state index in [1.807, 2.05) is 4.90 Å². The quantitative estimate of drug-likeness (QED) is 0.918. The van der Waals surface area contributed by atoms with Crippen molar-refractivity contribution in [1.82, 2.24) is 15.1 Å². The molecule has 1 fully saturated rings. The molecule has 1 N–H and O–H groups in total. The Bertz CT molecular complexity index is 669. The Hall–Kier alpha value is -1.62. The number of fused-ring (bicyclic) bond motifs is 1. The van der Waals surface area contributed by atoms with Gasteiger partial charge in [0.25, 0.3) is 5.91 Å². The average molecular weight is 315 g/mol. The molecule has 0 unspecified atom stereocenters. The fourth-order valence-electron chi connectivity index (χ4n) is 3.76. The lowest BCUT2D eigenvalue weighted by Crippen LogP contribution is -2.35. The molecule has 2 aromatic rings. The summed E-state index contributed by atoms with van der Waals surface area (Å²) in [7, 11) is 0. The Labute approximate surface area is 134 Å². The summed E-state index contributed by atoms with van der Waals surface area (Å²) < 4.78 is 0. The van der Waals surface area contributed by atoms with Crippen molar-refractivity contribution in [3.63, 3.8) is 0 Å². The van der Waals surface area contributed by atoms with Gasteiger partial charge in [-0.3, -0.25) is 9.89 Å². The molecule has 2 aromatic heterocycles. The normalized spacial score (nSPS) is 19.2. The lowest BCUT2D eigenvalue weighted by Gasteiger charge is -2.28. The number of hydrogen-bond acceptors (Lipinski definition) is 3. The molecule has 116 valence electrons. The van der Waals surface area contributed by atoms with E-state index in [9.17, 15) is 4.79 Å². The van der Waals surface area contributed by atoms with E-state index in [2.05, 4.69) is 21.6 Å². The van der Waals surface area contributed by atoms with Gasteiger partial charge in [0.2, 0.25) is 0 Å². The summed E-state index contributed by atoms with van der Waals surface area (Å²) in [6, 6.07) is 2.15. The van der Waals surface area contributed by atoms with Gasteiger partial charge < -0.3 is 4.90 Å². The number of nitrogens with one attached hydrogen (secondary N) is 1. The van der Waals surface area contributed by atoms with Crippen LogP contribution in [0.2, 0.25) is 0 Å². The fourth-order valence-corrected chi connectivity index (χ4v) is 4.65. The van der Waals surface area contributed by atoms with E-state index in [0.29, 0.717) is 5.92 Å². The Balaban J connectivity index is 1.55. The monoisotopic (exact) mass is 315 g/mol. The minimum absolute atomic E-state index is 0.145. The van der Waals surface area contributed by atoms with E-state index >= 15 is 0 Å². The summed E-state index contributed by atoms with van der Waals surface area (Å²) in [5.74, 6) is 0.628. The molecule has 3 heterocycles. The Morgan fingerprint density at radius 3 is 3.05 bits per heavy atom. The first-order valence-electron chi connectivity index (χ1n) is 8.20. The number of carbonyl (C=O) groups excluding carboxylic acids is 1. The zero-order chi connectivity index (χ0) is 14.9. The summed E-state index contributed by atoms with van der Waals surface area (Å²) >= 11 is 1.81. The lowest BCUT2D eigenvalue weighted by atomic mass is 9.85. The minimum Gasteiger partial charge on any atom is -0.334 e. The second-order valence-corrected chi connectivity index (χ2v) is 7.38. The SMILES string of the molecule is O=C(c1cn[nH]c1C1CCCCC1)N1CCc2sccc2C1. The highest BCUT2D eigenvalue weighted by Crippen LogP contribution is 2.34. The highest BCUT2D eigenvalue weighted by molar-refractivity contribution is 7.10. The molecule has 4 nitrogen and oxygen atoms in total. The van der Waals surface area contributed by atoms with Crippen LogP contribution in [0.4, 0.5) is 0 Å². The first-order valence-corrected chi connectivity index (χ1v) is 9.08. The van der Waals surface area contributed by atoms with E-state index in [1.54, 1.807) is 17.5 Å². The van der Waals surface area contributed by atoms with Gasteiger partial charge in [-0.05, 0) is 36.3 Å². The average Bonchev–Trinajstić information content (AvgIpc) is 3.23. The predicted octanol–water partition coefficient (Wildman–Crippen LogP) is 3.72. The topological polar surface area (TPSA) is 49.0 Å². The van der Waals surface area contributed by atoms with Crippen LogP contribution in [0.1, 0.15) is 64.5 Å². The zero-order valence-corrected chi connectivity index (χ0v) is 13.5. The van der Waals surface area contributed by atoms with E-state index in [4.69, 9.17) is 0 Å². The van der Waals surface area contributed by atoms with Crippen molar-refractivity contribution in [2.75, 3.05) is 6.54 Å². The van der Waals surface area contributed by atoms with Crippen LogP contribution in [0, 0.1) is 0 Å². The van der Waals surface area contributed by atoms with E-state index in [1.165, 1.54) is 42.5 Å². The maximum absolute atomic E-state index is 12.9. The number of nitrogens with zero attached hydrogens (tertiary/aromatic N) is 2. The maximum Gasteiger partial charge on any atom is 0.257 e. The second kappa shape index (κ2) is 5.88. The molecule has 22 heavy (non-hydrogen) atoms. The standard InChI is InChI=1S/C17H21N3OS/c21-17(20-8-6-15-13(11-20)7-9-22-15)14-10-18-19-16(14)12-4-2-1-3-5-12/h7,9-10,12H,1-6,8,11H2,(H,18,19). The maximum atomic E-state index is 12.9. The zero-order valence-electron chi connectivity index (χ0n) is 12.7. The Kier molecular flexibility index (Phi) is 3.74. The van der Waals surface area contributed by atoms with E-state index in [-0.39, 0.29) is 5.91 Å². The molecule has 0 bridgehead atoms. The van der Waals surface area contributed by atoms with Crippen LogP contribution in [-0.2, 0) is 13.0 Å². The van der Waals surface area contributed by atoms with E-state index < -0.39 is 0 Å². The van der Waals surface area contributed by atoms with Crippen molar-refractivity contribution in [2.45, 2.75) is 51.0 Å². The summed E-state index contributed by atoms with van der Waals surface area (Å²) in [6.45, 7) is 1.56. The molecule has 2 aliphatic rings. The van der Waals surface area contributed by atoms with Crippen LogP contribution < -0.4 is 0 Å². The number of aromatic amines is 1. The highest BCUT2D eigenvalue weighted by atomic mass is 32.1. The third-order valence-corrected chi connectivity index (χ3v) is 6.03. The van der Waals surface area contributed by atoms with Gasteiger partial charge in [0.15, 0.2) is 0 Å². The van der Waals surface area contributed by atoms with Gasteiger partial charge in [-0.1, -0.05) is 19.3 Å². The van der Waals surface area contributed by atoms with Gasteiger partial charge in [-0.15, -0.1) is 11.3 Å². The van der Waals surface area contributed by atoms with Crippen molar-refractivity contribution in [3.8, 4) is 0 Å². The molecule has 0 atom stereocenters. The lowest BCUT2D eigenvalue weighted by molar-refractivity contribution is 0.0734. The molecule has 0 aromatic carbocycles. The first-order chi connectivity index (χ1) is 10.8. The number of carbonyl (C=O) groups is 1. The van der Waals surface area contributed by atoms with Gasteiger partial charge in [-0.2, -0.15) is 5.10 Å². The van der Waals surface area contributed by atoms with Crippen molar-refractivity contribution in [3.05, 3.63) is 39.3 Å². The van der Waals surface area contributed by atoms with Crippen LogP contribution in [0.15, 0.2) is 17.6 Å². The molecule has 4 rings (SSSR count). The van der Waals surface area contributed by atoms with Gasteiger partial charge in [0, 0.05) is 23.9 Å². The van der Waals surface area contributed by atoms with Crippen molar-refractivity contribution < 1.29 is 4.79 Å². The van der Waals surface area contributed by atoms with Crippen LogP contribution in [0.5, 0.6) is 0 Å². The molecule has 0 spiro atoms. The Morgan fingerprint density at radius 1 is 1.32 bits per heavy atom. The largest absolute Gasteiger partial charge is 0.334 e. The number of rotatable bonds is 2. The summed E-state index contributed by atoms with van der Waals surface area (Å²) in [5.41, 5.74) is 3.18. The van der Waals surface area contributed by atoms with Gasteiger partial charge >= 0.3 is 0 Å². The van der Waals surface area contributed by atoms with Gasteiger partial charge in [0.1, 0.15) is 0 Å². The highest BCUT2D eigenvalue weighted by Gasteiger charge is 2.28. The van der Waals surface area contributed by atoms with Crippen LogP contribution in [0.3, 0.4) is 0 Å². The van der Waals surface area contributed by atoms with E-state index in [0.717, 1.165) is 30.8 Å². The first kappa shape index (κ1) is 14.0. The van der Waals surface area contributed by atoms with Crippen molar-refractivity contribution >= 4 is 17.2 Å². The molecule has 0 radical (unpaired) electrons. The van der Waals surface area contributed by atoms with Crippen LogP contribution in [-0.4, -0.2) is 27.5 Å². The number of aromatic nitrogens is 2. The summed E-state index contributed by atoms with van der Waals surface area (Å²) in [4.78, 5) is 16.3. The third-order valence-electron chi connectivity index (χ3n) is 5.01. The summed E-state index contributed by atoms with van der Waals surface area (Å²) in [6.07, 6.45) is 8.92. The van der Waals surface area contributed by atoms with Gasteiger partial charge in [-0.25, -0.2) is 0 Å². The molecular weight excluding hydrogens is 294 g/mol. The number of amides is 1. The smallest absolute Gasteiger partial charge is 0.257 e.